The Hall–Kier alpha value is -0.640. The number of hydrogen-bond acceptors (Lipinski definition) is 3. The van der Waals surface area contributed by atoms with Crippen molar-refractivity contribution in [2.75, 3.05) is 0 Å². The van der Waals surface area contributed by atoms with Crippen LogP contribution in [0.2, 0.25) is 0 Å². The summed E-state index contributed by atoms with van der Waals surface area (Å²) in [6, 6.07) is 0. The maximum absolute atomic E-state index is 10.6. The Morgan fingerprint density at radius 2 is 2.11 bits per heavy atom. The van der Waals surface area contributed by atoms with Gasteiger partial charge in [0.2, 0.25) is 0 Å². The molecule has 0 aromatic carbocycles. The smallest absolute Gasteiger partial charge is 0.0808 e. The van der Waals surface area contributed by atoms with E-state index in [-0.39, 0.29) is 5.92 Å². The summed E-state index contributed by atoms with van der Waals surface area (Å²) in [5.74, 6) is 0.178. The van der Waals surface area contributed by atoms with E-state index in [4.69, 9.17) is 0 Å². The fourth-order valence-electron chi connectivity index (χ4n) is 3.45. The number of allylic oxidation sites excluding steroid dienone is 1. The lowest BCUT2D eigenvalue weighted by atomic mass is 9.42. The summed E-state index contributed by atoms with van der Waals surface area (Å²) >= 11 is 0. The quantitative estimate of drug-likeness (QED) is 0.671. The SMILES string of the molecule is C=C1CC[C@@]2(O)C[C@@H]1[C@]2(C)C(O)/C=C/C(C)(C)O. The Kier molecular flexibility index (Phi) is 3.01. The zero-order valence-electron chi connectivity index (χ0n) is 11.5. The van der Waals surface area contributed by atoms with Gasteiger partial charge >= 0.3 is 0 Å². The first-order valence-corrected chi connectivity index (χ1v) is 6.60. The number of aliphatic hydroxyl groups is 3. The lowest BCUT2D eigenvalue weighted by Crippen LogP contribution is -2.69. The predicted octanol–water partition coefficient (Wildman–Crippen LogP) is 1.78. The molecule has 18 heavy (non-hydrogen) atoms. The fourth-order valence-corrected chi connectivity index (χ4v) is 3.45. The van der Waals surface area contributed by atoms with Crippen molar-refractivity contribution in [3.05, 3.63) is 24.3 Å². The average Bonchev–Trinajstić information content (AvgIpc) is 2.26. The van der Waals surface area contributed by atoms with Crippen LogP contribution in [-0.2, 0) is 0 Å². The second kappa shape index (κ2) is 3.92. The van der Waals surface area contributed by atoms with E-state index in [0.717, 1.165) is 12.0 Å². The molecule has 3 nitrogen and oxygen atoms in total. The van der Waals surface area contributed by atoms with Crippen LogP contribution < -0.4 is 0 Å². The summed E-state index contributed by atoms with van der Waals surface area (Å²) in [6.45, 7) is 9.30. The molecule has 0 spiro atoms. The van der Waals surface area contributed by atoms with Gasteiger partial charge in [0.1, 0.15) is 0 Å². The summed E-state index contributed by atoms with van der Waals surface area (Å²) in [7, 11) is 0. The van der Waals surface area contributed by atoms with Crippen LogP contribution >= 0.6 is 0 Å². The van der Waals surface area contributed by atoms with Gasteiger partial charge in [0, 0.05) is 5.41 Å². The molecule has 3 saturated carbocycles. The van der Waals surface area contributed by atoms with Gasteiger partial charge in [-0.25, -0.2) is 0 Å². The molecule has 4 atom stereocenters. The molecular formula is C15H24O3. The number of rotatable bonds is 3. The van der Waals surface area contributed by atoms with Gasteiger partial charge in [-0.15, -0.1) is 0 Å². The standard InChI is InChI=1S/C15H24O3/c1-10-5-8-15(18)9-11(10)14(15,4)12(16)6-7-13(2,3)17/h6-7,11-12,16-18H,1,5,8-9H2,2-4H3/b7-6+/t11-,12?,14+,15+/m0/s1. The van der Waals surface area contributed by atoms with Crippen LogP contribution in [0.1, 0.15) is 40.0 Å². The molecular weight excluding hydrogens is 228 g/mol. The van der Waals surface area contributed by atoms with Crippen LogP contribution in [-0.4, -0.2) is 32.6 Å². The van der Waals surface area contributed by atoms with Crippen LogP contribution in [0, 0.1) is 11.3 Å². The minimum atomic E-state index is -0.949. The van der Waals surface area contributed by atoms with Crippen molar-refractivity contribution < 1.29 is 15.3 Å². The van der Waals surface area contributed by atoms with Gasteiger partial charge in [-0.1, -0.05) is 31.2 Å². The normalized spacial score (nSPS) is 41.9. The van der Waals surface area contributed by atoms with E-state index >= 15 is 0 Å². The van der Waals surface area contributed by atoms with E-state index in [9.17, 15) is 15.3 Å². The Bertz CT molecular complexity index is 389. The van der Waals surface area contributed by atoms with E-state index in [0.29, 0.717) is 12.8 Å². The molecule has 102 valence electrons. The highest BCUT2D eigenvalue weighted by Crippen LogP contribution is 2.65. The molecule has 1 unspecified atom stereocenters. The molecule has 0 saturated heterocycles. The molecule has 0 aromatic rings. The highest BCUT2D eigenvalue weighted by atomic mass is 16.3. The molecule has 0 heterocycles. The van der Waals surface area contributed by atoms with E-state index in [1.54, 1.807) is 26.0 Å². The summed E-state index contributed by atoms with van der Waals surface area (Å²) in [5.41, 5.74) is -1.17. The van der Waals surface area contributed by atoms with Crippen molar-refractivity contribution in [2.45, 2.75) is 57.3 Å². The van der Waals surface area contributed by atoms with Gasteiger partial charge in [-0.3, -0.25) is 0 Å². The first-order chi connectivity index (χ1) is 8.10. The molecule has 3 rings (SSSR count). The maximum Gasteiger partial charge on any atom is 0.0808 e. The molecule has 0 aromatic heterocycles. The Morgan fingerprint density at radius 1 is 1.50 bits per heavy atom. The first kappa shape index (κ1) is 13.8. The minimum absolute atomic E-state index is 0.178. The summed E-state index contributed by atoms with van der Waals surface area (Å²) in [5, 5.41) is 30.6. The predicted molar refractivity (Wildman–Crippen MR) is 71.0 cm³/mol. The third-order valence-corrected chi connectivity index (χ3v) is 4.92. The molecule has 3 N–H and O–H groups in total. The first-order valence-electron chi connectivity index (χ1n) is 6.60. The van der Waals surface area contributed by atoms with Crippen LogP contribution in [0.5, 0.6) is 0 Å². The largest absolute Gasteiger partial charge is 0.389 e. The maximum atomic E-state index is 10.6. The molecule has 0 amide bonds. The summed E-state index contributed by atoms with van der Waals surface area (Å²) in [6.07, 6.45) is 4.66. The molecule has 2 bridgehead atoms. The van der Waals surface area contributed by atoms with Crippen molar-refractivity contribution in [3.8, 4) is 0 Å². The van der Waals surface area contributed by atoms with Crippen molar-refractivity contribution in [1.29, 1.82) is 0 Å². The van der Waals surface area contributed by atoms with E-state index in [2.05, 4.69) is 6.58 Å². The Morgan fingerprint density at radius 3 is 2.61 bits per heavy atom. The van der Waals surface area contributed by atoms with Crippen molar-refractivity contribution in [3.63, 3.8) is 0 Å². The molecule has 0 radical (unpaired) electrons. The highest BCUT2D eigenvalue weighted by molar-refractivity contribution is 5.30. The van der Waals surface area contributed by atoms with Crippen LogP contribution in [0.15, 0.2) is 24.3 Å². The summed E-state index contributed by atoms with van der Waals surface area (Å²) in [4.78, 5) is 0. The van der Waals surface area contributed by atoms with E-state index < -0.39 is 22.7 Å². The molecule has 3 aliphatic carbocycles. The van der Waals surface area contributed by atoms with Gasteiger partial charge in [-0.05, 0) is 39.0 Å². The lowest BCUT2D eigenvalue weighted by Gasteiger charge is -2.66. The van der Waals surface area contributed by atoms with Crippen molar-refractivity contribution >= 4 is 0 Å². The van der Waals surface area contributed by atoms with E-state index in [1.165, 1.54) is 0 Å². The van der Waals surface area contributed by atoms with Crippen LogP contribution in [0.3, 0.4) is 0 Å². The van der Waals surface area contributed by atoms with E-state index in [1.807, 2.05) is 6.92 Å². The molecule has 0 aliphatic heterocycles. The average molecular weight is 252 g/mol. The third-order valence-electron chi connectivity index (χ3n) is 4.92. The van der Waals surface area contributed by atoms with Crippen molar-refractivity contribution in [1.82, 2.24) is 0 Å². The van der Waals surface area contributed by atoms with Gasteiger partial charge in [-0.2, -0.15) is 0 Å². The Balaban J connectivity index is 2.21. The minimum Gasteiger partial charge on any atom is -0.389 e. The molecule has 3 aliphatic rings. The summed E-state index contributed by atoms with van der Waals surface area (Å²) < 4.78 is 0. The van der Waals surface area contributed by atoms with Crippen LogP contribution in [0.25, 0.3) is 0 Å². The molecule has 3 fully saturated rings. The number of fused-ring (bicyclic) bond motifs is 2. The third kappa shape index (κ3) is 1.85. The lowest BCUT2D eigenvalue weighted by molar-refractivity contribution is -0.243. The van der Waals surface area contributed by atoms with Crippen molar-refractivity contribution in [2.24, 2.45) is 11.3 Å². The van der Waals surface area contributed by atoms with Crippen LogP contribution in [0.4, 0.5) is 0 Å². The zero-order chi connectivity index (χ0) is 13.8. The number of hydrogen-bond donors (Lipinski definition) is 3. The van der Waals surface area contributed by atoms with Gasteiger partial charge in [0.15, 0.2) is 0 Å². The van der Waals surface area contributed by atoms with Gasteiger partial charge in [0.05, 0.1) is 17.3 Å². The van der Waals surface area contributed by atoms with Gasteiger partial charge in [0.25, 0.3) is 0 Å². The monoisotopic (exact) mass is 252 g/mol. The fraction of sp³-hybridized carbons (Fsp3) is 0.733. The number of aliphatic hydroxyl groups excluding tert-OH is 1. The second-order valence-corrected chi connectivity index (χ2v) is 6.69. The zero-order valence-corrected chi connectivity index (χ0v) is 11.5. The second-order valence-electron chi connectivity index (χ2n) is 6.69. The topological polar surface area (TPSA) is 60.7 Å². The highest BCUT2D eigenvalue weighted by Gasteiger charge is 2.67. The van der Waals surface area contributed by atoms with Gasteiger partial charge < -0.3 is 15.3 Å². The molecule has 3 heteroatoms. The Labute approximate surface area is 109 Å².